The molecule has 71 heavy (non-hydrogen) atoms. The lowest BCUT2D eigenvalue weighted by atomic mass is 9.86. The van der Waals surface area contributed by atoms with Gasteiger partial charge >= 0.3 is 0 Å². The van der Waals surface area contributed by atoms with Crippen molar-refractivity contribution in [1.82, 2.24) is 19.9 Å². The van der Waals surface area contributed by atoms with Crippen molar-refractivity contribution in [3.8, 4) is 67.4 Å². The van der Waals surface area contributed by atoms with Crippen molar-refractivity contribution in [2.45, 2.75) is 66.2 Å². The number of aromatic nitrogens is 4. The molecule has 0 unspecified atom stereocenters. The van der Waals surface area contributed by atoms with E-state index < -0.39 is 0 Å². The monoisotopic (exact) mass is 925 g/mol. The number of aryl methyl sites for hydroxylation is 2. The lowest BCUT2D eigenvalue weighted by molar-refractivity contribution is 0.589. The van der Waals surface area contributed by atoms with Crippen molar-refractivity contribution >= 4 is 39.0 Å². The minimum absolute atomic E-state index is 0.0421. The maximum atomic E-state index is 6.82. The summed E-state index contributed by atoms with van der Waals surface area (Å²) >= 11 is 0. The van der Waals surface area contributed by atoms with E-state index in [0.717, 1.165) is 118 Å². The molecule has 6 aromatic carbocycles. The number of fused-ring (bicyclic) bond motifs is 2. The van der Waals surface area contributed by atoms with Crippen LogP contribution in [-0.4, -0.2) is 19.9 Å². The Morgan fingerprint density at radius 1 is 0.380 bits per heavy atom. The lowest BCUT2D eigenvalue weighted by Gasteiger charge is -2.29. The molecule has 0 bridgehead atoms. The molecule has 0 aliphatic carbocycles. The first kappa shape index (κ1) is 45.0. The molecular formula is C64H55N5O2. The van der Waals surface area contributed by atoms with Crippen molar-refractivity contribution < 1.29 is 8.83 Å². The molecule has 0 spiro atoms. The largest absolute Gasteiger partial charge is 0.454 e. The first-order chi connectivity index (χ1) is 34.2. The highest BCUT2D eigenvalue weighted by Gasteiger charge is 2.25. The van der Waals surface area contributed by atoms with Crippen molar-refractivity contribution in [3.63, 3.8) is 0 Å². The van der Waals surface area contributed by atoms with E-state index in [1.807, 2.05) is 50.5 Å². The van der Waals surface area contributed by atoms with E-state index in [2.05, 4.69) is 192 Å². The molecule has 0 atom stereocenters. The number of rotatable bonds is 9. The highest BCUT2D eigenvalue weighted by molar-refractivity contribution is 5.98. The third-order valence-electron chi connectivity index (χ3n) is 13.5. The predicted molar refractivity (Wildman–Crippen MR) is 291 cm³/mol. The van der Waals surface area contributed by atoms with Crippen LogP contribution in [0.2, 0.25) is 0 Å². The van der Waals surface area contributed by atoms with Gasteiger partial charge in [-0.25, -0.2) is 9.97 Å². The molecule has 348 valence electrons. The molecule has 0 radical (unpaired) electrons. The van der Waals surface area contributed by atoms with Crippen LogP contribution in [0, 0.1) is 13.8 Å². The third-order valence-corrected chi connectivity index (χ3v) is 13.5. The number of nitrogens with zero attached hydrogens (tertiary/aromatic N) is 5. The van der Waals surface area contributed by atoms with Gasteiger partial charge in [0.15, 0.2) is 11.2 Å². The normalized spacial score (nSPS) is 11.9. The van der Waals surface area contributed by atoms with Gasteiger partial charge in [-0.2, -0.15) is 0 Å². The fourth-order valence-corrected chi connectivity index (χ4v) is 9.56. The number of furan rings is 2. The van der Waals surface area contributed by atoms with Gasteiger partial charge in [0.1, 0.15) is 29.2 Å². The van der Waals surface area contributed by atoms with E-state index in [4.69, 9.17) is 28.8 Å². The van der Waals surface area contributed by atoms with Gasteiger partial charge in [-0.3, -0.25) is 9.97 Å². The molecule has 0 aliphatic rings. The summed E-state index contributed by atoms with van der Waals surface area (Å²) in [5, 5.41) is 1.95. The van der Waals surface area contributed by atoms with Crippen LogP contribution < -0.4 is 4.90 Å². The number of benzene rings is 6. The maximum absolute atomic E-state index is 6.82. The molecule has 0 amide bonds. The van der Waals surface area contributed by atoms with Crippen molar-refractivity contribution in [1.29, 1.82) is 0 Å². The fraction of sp³-hybridized carbons (Fsp3) is 0.156. The summed E-state index contributed by atoms with van der Waals surface area (Å²) in [6.07, 6.45) is 5.38. The van der Waals surface area contributed by atoms with Crippen LogP contribution in [0.4, 0.5) is 17.1 Å². The van der Waals surface area contributed by atoms with Crippen molar-refractivity contribution in [2.75, 3.05) is 4.90 Å². The Balaban J connectivity index is 1.12. The summed E-state index contributed by atoms with van der Waals surface area (Å²) in [4.78, 5) is 22.0. The van der Waals surface area contributed by atoms with Gasteiger partial charge in [-0.05, 0) is 119 Å². The topological polar surface area (TPSA) is 81.1 Å². The molecular weight excluding hydrogens is 871 g/mol. The zero-order valence-corrected chi connectivity index (χ0v) is 41.5. The molecule has 5 heterocycles. The van der Waals surface area contributed by atoms with E-state index in [0.29, 0.717) is 0 Å². The zero-order chi connectivity index (χ0) is 49.0. The second kappa shape index (κ2) is 17.8. The Labute approximate surface area is 415 Å². The summed E-state index contributed by atoms with van der Waals surface area (Å²) < 4.78 is 13.6. The predicted octanol–water partition coefficient (Wildman–Crippen LogP) is 17.4. The standard InChI is InChI=1S/C64H55N5O2/c1-40-60(41(2)68-39-67-40)69(54-33-48(42-15-11-9-12-16-42)31-50(35-54)58-61-46(27-29-65-58)37-56(70-61)44-19-23-52(24-20-44)63(3,4)5)55-34-49(43-17-13-10-14-18-43)32-51(36-55)59-62-47(28-30-66-59)38-57(71-62)45-21-25-53(26-22-45)64(6,7)8/h9-39H,1-8H3. The fourth-order valence-electron chi connectivity index (χ4n) is 9.56. The Kier molecular flexibility index (Phi) is 11.3. The maximum Gasteiger partial charge on any atom is 0.161 e. The average Bonchev–Trinajstić information content (AvgIpc) is 4.03. The Hall–Kier alpha value is -8.42. The van der Waals surface area contributed by atoms with E-state index in [9.17, 15) is 0 Å². The Bertz CT molecular complexity index is 3480. The number of hydrogen-bond donors (Lipinski definition) is 0. The van der Waals surface area contributed by atoms with Gasteiger partial charge < -0.3 is 13.7 Å². The molecule has 7 nitrogen and oxygen atoms in total. The second-order valence-electron chi connectivity index (χ2n) is 20.5. The zero-order valence-electron chi connectivity index (χ0n) is 41.5. The summed E-state index contributed by atoms with van der Waals surface area (Å²) in [5.74, 6) is 1.58. The summed E-state index contributed by atoms with van der Waals surface area (Å²) in [6.45, 7) is 17.5. The van der Waals surface area contributed by atoms with Crippen molar-refractivity contribution in [2.24, 2.45) is 0 Å². The van der Waals surface area contributed by atoms with E-state index in [1.54, 1.807) is 6.33 Å². The molecule has 0 saturated heterocycles. The molecule has 7 heteroatoms. The van der Waals surface area contributed by atoms with Gasteiger partial charge in [0.25, 0.3) is 0 Å². The quantitative estimate of drug-likeness (QED) is 0.143. The summed E-state index contributed by atoms with van der Waals surface area (Å²) in [6, 6.07) is 59.9. The highest BCUT2D eigenvalue weighted by atomic mass is 16.3. The van der Waals surface area contributed by atoms with Crippen LogP contribution in [0.25, 0.3) is 89.4 Å². The number of hydrogen-bond acceptors (Lipinski definition) is 7. The van der Waals surface area contributed by atoms with E-state index in [1.165, 1.54) is 11.1 Å². The second-order valence-corrected chi connectivity index (χ2v) is 20.5. The van der Waals surface area contributed by atoms with Crippen molar-refractivity contribution in [3.05, 3.63) is 211 Å². The Morgan fingerprint density at radius 2 is 0.775 bits per heavy atom. The van der Waals surface area contributed by atoms with Crippen LogP contribution in [0.5, 0.6) is 0 Å². The minimum Gasteiger partial charge on any atom is -0.454 e. The molecule has 11 aromatic rings. The van der Waals surface area contributed by atoms with Crippen LogP contribution >= 0.6 is 0 Å². The van der Waals surface area contributed by atoms with Crippen LogP contribution in [0.15, 0.2) is 197 Å². The van der Waals surface area contributed by atoms with Gasteiger partial charge in [0, 0.05) is 56.8 Å². The summed E-state index contributed by atoms with van der Waals surface area (Å²) in [7, 11) is 0. The lowest BCUT2D eigenvalue weighted by Crippen LogP contribution is -2.15. The number of pyridine rings is 2. The van der Waals surface area contributed by atoms with Crippen LogP contribution in [-0.2, 0) is 10.8 Å². The van der Waals surface area contributed by atoms with Crippen LogP contribution in [0.3, 0.4) is 0 Å². The SMILES string of the molecule is Cc1ncnc(C)c1N(c1cc(-c2ccccc2)cc(-c2nccc3cc(-c4ccc(C(C)(C)C)cc4)oc23)c1)c1cc(-c2ccccc2)cc(-c2nccc3cc(-c4ccc(C(C)(C)C)cc4)oc23)c1. The molecule has 5 aromatic heterocycles. The molecule has 0 aliphatic heterocycles. The molecule has 11 rings (SSSR count). The minimum atomic E-state index is 0.0421. The smallest absolute Gasteiger partial charge is 0.161 e. The molecule has 0 N–H and O–H groups in total. The average molecular weight is 926 g/mol. The van der Waals surface area contributed by atoms with Gasteiger partial charge in [0.2, 0.25) is 0 Å². The van der Waals surface area contributed by atoms with E-state index >= 15 is 0 Å². The Morgan fingerprint density at radius 3 is 1.17 bits per heavy atom. The van der Waals surface area contributed by atoms with Crippen LogP contribution in [0.1, 0.15) is 64.1 Å². The van der Waals surface area contributed by atoms with Gasteiger partial charge in [0.05, 0.1) is 17.1 Å². The molecule has 0 saturated carbocycles. The number of anilines is 3. The molecule has 0 fully saturated rings. The van der Waals surface area contributed by atoms with E-state index in [-0.39, 0.29) is 10.8 Å². The highest BCUT2D eigenvalue weighted by Crippen LogP contribution is 2.46. The van der Waals surface area contributed by atoms with Gasteiger partial charge in [-0.15, -0.1) is 0 Å². The summed E-state index contributed by atoms with van der Waals surface area (Å²) in [5.41, 5.74) is 17.9. The first-order valence-corrected chi connectivity index (χ1v) is 24.2. The third kappa shape index (κ3) is 8.80. The van der Waals surface area contributed by atoms with Gasteiger partial charge in [-0.1, -0.05) is 151 Å². The first-order valence-electron chi connectivity index (χ1n) is 24.2.